The number of aryl methyl sites for hydroxylation is 1. The van der Waals surface area contributed by atoms with Crippen LogP contribution in [-0.4, -0.2) is 43.5 Å². The van der Waals surface area contributed by atoms with Gasteiger partial charge in [-0.25, -0.2) is 0 Å². The summed E-state index contributed by atoms with van der Waals surface area (Å²) in [6.07, 6.45) is 10.1. The van der Waals surface area contributed by atoms with Crippen LogP contribution in [0.3, 0.4) is 0 Å². The topological polar surface area (TPSA) is 54.2 Å². The standard InChI is InChI=1S/C15H26N4O/c1-18-11-16-17-15(18)10-19-9-5-4-7-13(19)12-6-2-3-8-14(12)20/h11-14,20H,2-10H2,1H3. The van der Waals surface area contributed by atoms with Gasteiger partial charge in [0.15, 0.2) is 0 Å². The number of aliphatic hydroxyl groups excluding tert-OH is 1. The molecular formula is C15H26N4O. The van der Waals surface area contributed by atoms with Crippen LogP contribution in [0.15, 0.2) is 6.33 Å². The van der Waals surface area contributed by atoms with Gasteiger partial charge in [0.25, 0.3) is 0 Å². The number of hydrogen-bond acceptors (Lipinski definition) is 4. The number of likely N-dealkylation sites (tertiary alicyclic amines) is 1. The molecule has 0 amide bonds. The first kappa shape index (κ1) is 14.0. The SMILES string of the molecule is Cn1cnnc1CN1CCCCC1C1CCCCC1O. The molecule has 1 aliphatic heterocycles. The summed E-state index contributed by atoms with van der Waals surface area (Å²) in [6, 6.07) is 0.524. The summed E-state index contributed by atoms with van der Waals surface area (Å²) >= 11 is 0. The molecule has 1 aromatic heterocycles. The Bertz CT molecular complexity index is 433. The van der Waals surface area contributed by atoms with Crippen molar-refractivity contribution >= 4 is 0 Å². The highest BCUT2D eigenvalue weighted by Crippen LogP contribution is 2.34. The normalized spacial score (nSPS) is 32.4. The molecule has 0 bridgehead atoms. The first-order valence-electron chi connectivity index (χ1n) is 8.00. The lowest BCUT2D eigenvalue weighted by Crippen LogP contribution is -2.48. The fourth-order valence-corrected chi connectivity index (χ4v) is 3.92. The van der Waals surface area contributed by atoms with Crippen LogP contribution in [0.2, 0.25) is 0 Å². The summed E-state index contributed by atoms with van der Waals surface area (Å²) in [5, 5.41) is 18.6. The van der Waals surface area contributed by atoms with Gasteiger partial charge in [-0.2, -0.15) is 0 Å². The molecule has 1 aliphatic carbocycles. The van der Waals surface area contributed by atoms with Crippen LogP contribution in [-0.2, 0) is 13.6 Å². The number of hydrogen-bond donors (Lipinski definition) is 1. The van der Waals surface area contributed by atoms with Gasteiger partial charge in [-0.15, -0.1) is 10.2 Å². The number of piperidine rings is 1. The minimum atomic E-state index is -0.103. The molecule has 1 saturated carbocycles. The summed E-state index contributed by atoms with van der Waals surface area (Å²) in [4.78, 5) is 2.53. The monoisotopic (exact) mass is 278 g/mol. The first-order valence-corrected chi connectivity index (χ1v) is 8.00. The Morgan fingerprint density at radius 1 is 1.20 bits per heavy atom. The molecule has 3 atom stereocenters. The fourth-order valence-electron chi connectivity index (χ4n) is 3.92. The zero-order valence-corrected chi connectivity index (χ0v) is 12.4. The minimum absolute atomic E-state index is 0.103. The van der Waals surface area contributed by atoms with E-state index in [-0.39, 0.29) is 6.10 Å². The molecule has 20 heavy (non-hydrogen) atoms. The fraction of sp³-hybridized carbons (Fsp3) is 0.867. The van der Waals surface area contributed by atoms with E-state index in [0.717, 1.165) is 25.3 Å². The summed E-state index contributed by atoms with van der Waals surface area (Å²) in [5.41, 5.74) is 0. The molecule has 2 heterocycles. The van der Waals surface area contributed by atoms with Crippen molar-refractivity contribution in [1.29, 1.82) is 0 Å². The number of rotatable bonds is 3. The molecule has 5 nitrogen and oxygen atoms in total. The maximum Gasteiger partial charge on any atom is 0.146 e. The minimum Gasteiger partial charge on any atom is -0.393 e. The van der Waals surface area contributed by atoms with E-state index >= 15 is 0 Å². The maximum absolute atomic E-state index is 10.4. The molecule has 3 unspecified atom stereocenters. The van der Waals surface area contributed by atoms with Crippen molar-refractivity contribution in [2.45, 2.75) is 63.6 Å². The van der Waals surface area contributed by atoms with Crippen LogP contribution in [0, 0.1) is 5.92 Å². The molecule has 1 saturated heterocycles. The quantitative estimate of drug-likeness (QED) is 0.914. The number of aliphatic hydroxyl groups is 1. The molecule has 0 aromatic carbocycles. The van der Waals surface area contributed by atoms with E-state index in [2.05, 4.69) is 15.1 Å². The lowest BCUT2D eigenvalue weighted by molar-refractivity contribution is -0.00973. The third kappa shape index (κ3) is 2.88. The lowest BCUT2D eigenvalue weighted by Gasteiger charge is -2.43. The van der Waals surface area contributed by atoms with Gasteiger partial charge in [0.1, 0.15) is 12.2 Å². The molecule has 0 radical (unpaired) electrons. The van der Waals surface area contributed by atoms with Crippen molar-refractivity contribution in [3.05, 3.63) is 12.2 Å². The van der Waals surface area contributed by atoms with Crippen molar-refractivity contribution in [2.24, 2.45) is 13.0 Å². The largest absolute Gasteiger partial charge is 0.393 e. The van der Waals surface area contributed by atoms with Crippen molar-refractivity contribution in [1.82, 2.24) is 19.7 Å². The van der Waals surface area contributed by atoms with Crippen LogP contribution in [0.25, 0.3) is 0 Å². The molecule has 1 N–H and O–H groups in total. The van der Waals surface area contributed by atoms with Gasteiger partial charge in [0, 0.05) is 19.0 Å². The average molecular weight is 278 g/mol. The highest BCUT2D eigenvalue weighted by atomic mass is 16.3. The van der Waals surface area contributed by atoms with Crippen molar-refractivity contribution in [3.63, 3.8) is 0 Å². The van der Waals surface area contributed by atoms with E-state index in [4.69, 9.17) is 0 Å². The van der Waals surface area contributed by atoms with E-state index in [1.165, 1.54) is 38.5 Å². The lowest BCUT2D eigenvalue weighted by atomic mass is 9.78. The van der Waals surface area contributed by atoms with Gasteiger partial charge in [0.2, 0.25) is 0 Å². The predicted molar refractivity (Wildman–Crippen MR) is 77.0 cm³/mol. The molecule has 3 rings (SSSR count). The molecule has 112 valence electrons. The average Bonchev–Trinajstić information content (AvgIpc) is 2.86. The van der Waals surface area contributed by atoms with Crippen LogP contribution in [0.1, 0.15) is 50.8 Å². The Kier molecular flexibility index (Phi) is 4.36. The van der Waals surface area contributed by atoms with Crippen molar-refractivity contribution in [2.75, 3.05) is 6.54 Å². The van der Waals surface area contributed by atoms with Gasteiger partial charge in [-0.3, -0.25) is 4.90 Å². The Hall–Kier alpha value is -0.940. The first-order chi connectivity index (χ1) is 9.75. The third-order valence-electron chi connectivity index (χ3n) is 5.09. The van der Waals surface area contributed by atoms with Crippen LogP contribution >= 0.6 is 0 Å². The van der Waals surface area contributed by atoms with E-state index in [1.807, 2.05) is 11.6 Å². The molecule has 2 aliphatic rings. The molecular weight excluding hydrogens is 252 g/mol. The predicted octanol–water partition coefficient (Wildman–Crippen LogP) is 1.72. The molecule has 0 spiro atoms. The maximum atomic E-state index is 10.4. The van der Waals surface area contributed by atoms with Gasteiger partial charge in [0.05, 0.1) is 12.6 Å². The highest BCUT2D eigenvalue weighted by molar-refractivity contribution is 4.92. The molecule has 1 aromatic rings. The second-order valence-corrected chi connectivity index (χ2v) is 6.41. The van der Waals surface area contributed by atoms with E-state index in [0.29, 0.717) is 12.0 Å². The number of aromatic nitrogens is 3. The van der Waals surface area contributed by atoms with Crippen molar-refractivity contribution < 1.29 is 5.11 Å². The number of nitrogens with zero attached hydrogens (tertiary/aromatic N) is 4. The van der Waals surface area contributed by atoms with Gasteiger partial charge in [-0.1, -0.05) is 19.3 Å². The second kappa shape index (κ2) is 6.22. The van der Waals surface area contributed by atoms with Gasteiger partial charge in [-0.05, 0) is 32.2 Å². The third-order valence-corrected chi connectivity index (χ3v) is 5.09. The zero-order valence-electron chi connectivity index (χ0n) is 12.4. The summed E-state index contributed by atoms with van der Waals surface area (Å²) in [7, 11) is 2.00. The van der Waals surface area contributed by atoms with Crippen LogP contribution in [0.4, 0.5) is 0 Å². The Morgan fingerprint density at radius 3 is 2.75 bits per heavy atom. The Labute approximate surface area is 121 Å². The highest BCUT2D eigenvalue weighted by Gasteiger charge is 2.35. The Balaban J connectivity index is 1.71. The summed E-state index contributed by atoms with van der Waals surface area (Å²) in [6.45, 7) is 1.99. The second-order valence-electron chi connectivity index (χ2n) is 6.41. The molecule has 5 heteroatoms. The Morgan fingerprint density at radius 2 is 2.00 bits per heavy atom. The van der Waals surface area contributed by atoms with Crippen LogP contribution in [0.5, 0.6) is 0 Å². The summed E-state index contributed by atoms with van der Waals surface area (Å²) < 4.78 is 2.00. The van der Waals surface area contributed by atoms with E-state index in [1.54, 1.807) is 6.33 Å². The van der Waals surface area contributed by atoms with Crippen LogP contribution < -0.4 is 0 Å². The van der Waals surface area contributed by atoms with Gasteiger partial charge >= 0.3 is 0 Å². The molecule has 2 fully saturated rings. The zero-order chi connectivity index (χ0) is 13.9. The van der Waals surface area contributed by atoms with E-state index in [9.17, 15) is 5.11 Å². The smallest absolute Gasteiger partial charge is 0.146 e. The summed E-state index contributed by atoms with van der Waals surface area (Å²) in [5.74, 6) is 1.49. The van der Waals surface area contributed by atoms with E-state index < -0.39 is 0 Å². The van der Waals surface area contributed by atoms with Gasteiger partial charge < -0.3 is 9.67 Å². The van der Waals surface area contributed by atoms with Crippen molar-refractivity contribution in [3.8, 4) is 0 Å².